The maximum atomic E-state index is 8.22. The SMILES string of the molecule is [C-]#[N+]c1cccc2c1-c1ccc(-c3ccccc3-c3cc(-c4ccc(-c5ccccc5)cc4)nc(-c4ccccc4)n3)cc1C21c2ccccc2-c2ccccc21. The Kier molecular flexibility index (Phi) is 7.45. The molecule has 0 atom stereocenters. The molecule has 264 valence electrons. The molecule has 2 aliphatic carbocycles. The van der Waals surface area contributed by atoms with Crippen molar-refractivity contribution in [3.8, 4) is 78.4 Å². The average molecular weight is 724 g/mol. The smallest absolute Gasteiger partial charge is 0.195 e. The summed E-state index contributed by atoms with van der Waals surface area (Å²) in [7, 11) is 0. The Bertz CT molecular complexity index is 3020. The summed E-state index contributed by atoms with van der Waals surface area (Å²) in [4.78, 5) is 14.5. The Hall–Kier alpha value is -7.67. The lowest BCUT2D eigenvalue weighted by Gasteiger charge is -2.31. The molecule has 3 heteroatoms. The van der Waals surface area contributed by atoms with Crippen LogP contribution in [0.1, 0.15) is 22.3 Å². The van der Waals surface area contributed by atoms with Crippen molar-refractivity contribution in [3.63, 3.8) is 0 Å². The summed E-state index contributed by atoms with van der Waals surface area (Å²) < 4.78 is 0. The number of hydrogen-bond acceptors (Lipinski definition) is 2. The van der Waals surface area contributed by atoms with E-state index in [1.165, 1.54) is 38.9 Å². The lowest BCUT2D eigenvalue weighted by Crippen LogP contribution is -2.25. The first-order valence-electron chi connectivity index (χ1n) is 19.3. The van der Waals surface area contributed by atoms with Gasteiger partial charge in [0.05, 0.1) is 23.4 Å². The molecule has 3 nitrogen and oxygen atoms in total. The van der Waals surface area contributed by atoms with Crippen LogP contribution in [0, 0.1) is 6.57 Å². The van der Waals surface area contributed by atoms with Crippen LogP contribution >= 0.6 is 0 Å². The lowest BCUT2D eigenvalue weighted by molar-refractivity contribution is 0.794. The number of benzene rings is 8. The fraction of sp³-hybridized carbons (Fsp3) is 0.0185. The van der Waals surface area contributed by atoms with E-state index in [1.807, 2.05) is 36.4 Å². The highest BCUT2D eigenvalue weighted by Crippen LogP contribution is 2.64. The largest absolute Gasteiger partial charge is 0.238 e. The van der Waals surface area contributed by atoms with Gasteiger partial charge in [-0.2, -0.15) is 0 Å². The third-order valence-electron chi connectivity index (χ3n) is 11.8. The molecule has 0 radical (unpaired) electrons. The Labute approximate surface area is 332 Å². The van der Waals surface area contributed by atoms with Crippen molar-refractivity contribution in [2.24, 2.45) is 0 Å². The van der Waals surface area contributed by atoms with Gasteiger partial charge < -0.3 is 0 Å². The zero-order chi connectivity index (χ0) is 37.9. The van der Waals surface area contributed by atoms with Crippen LogP contribution in [0.4, 0.5) is 5.69 Å². The number of nitrogens with zero attached hydrogens (tertiary/aromatic N) is 3. The first kappa shape index (κ1) is 32.7. The van der Waals surface area contributed by atoms with Crippen molar-refractivity contribution in [1.82, 2.24) is 9.97 Å². The van der Waals surface area contributed by atoms with E-state index in [0.29, 0.717) is 11.5 Å². The zero-order valence-electron chi connectivity index (χ0n) is 30.9. The van der Waals surface area contributed by atoms with E-state index >= 15 is 0 Å². The Morgan fingerprint density at radius 3 is 1.56 bits per heavy atom. The molecule has 0 bridgehead atoms. The summed E-state index contributed by atoms with van der Waals surface area (Å²) in [5, 5.41) is 0. The highest BCUT2D eigenvalue weighted by atomic mass is 14.9. The molecule has 1 heterocycles. The quantitative estimate of drug-likeness (QED) is 0.166. The van der Waals surface area contributed by atoms with Gasteiger partial charge in [0.25, 0.3) is 0 Å². The van der Waals surface area contributed by atoms with Gasteiger partial charge in [0.1, 0.15) is 0 Å². The minimum atomic E-state index is -0.558. The normalized spacial score (nSPS) is 12.7. The molecule has 0 aliphatic heterocycles. The van der Waals surface area contributed by atoms with Gasteiger partial charge in [0.2, 0.25) is 0 Å². The summed E-state index contributed by atoms with van der Waals surface area (Å²) in [5.74, 6) is 0.680. The third kappa shape index (κ3) is 4.98. The van der Waals surface area contributed by atoms with Gasteiger partial charge in [-0.25, -0.2) is 14.8 Å². The van der Waals surface area contributed by atoms with Crippen molar-refractivity contribution in [3.05, 3.63) is 234 Å². The first-order valence-corrected chi connectivity index (χ1v) is 19.3. The van der Waals surface area contributed by atoms with Gasteiger partial charge in [-0.15, -0.1) is 0 Å². The first-order chi connectivity index (χ1) is 28.2. The van der Waals surface area contributed by atoms with E-state index in [9.17, 15) is 0 Å². The second-order valence-electron chi connectivity index (χ2n) is 14.7. The topological polar surface area (TPSA) is 30.1 Å². The molecule has 0 unspecified atom stereocenters. The lowest BCUT2D eigenvalue weighted by atomic mass is 9.70. The van der Waals surface area contributed by atoms with Crippen LogP contribution in [-0.2, 0) is 5.41 Å². The summed E-state index contributed by atoms with van der Waals surface area (Å²) >= 11 is 0. The van der Waals surface area contributed by atoms with Crippen LogP contribution in [0.5, 0.6) is 0 Å². The van der Waals surface area contributed by atoms with Crippen LogP contribution in [0.3, 0.4) is 0 Å². The molecule has 0 fully saturated rings. The number of hydrogen-bond donors (Lipinski definition) is 0. The second-order valence-corrected chi connectivity index (χ2v) is 14.7. The van der Waals surface area contributed by atoms with Crippen LogP contribution in [0.25, 0.3) is 83.3 Å². The molecule has 0 amide bonds. The van der Waals surface area contributed by atoms with Gasteiger partial charge in [-0.3, -0.25) is 0 Å². The van der Waals surface area contributed by atoms with Crippen LogP contribution in [0.15, 0.2) is 200 Å². The monoisotopic (exact) mass is 723 g/mol. The second kappa shape index (κ2) is 13.0. The standard InChI is InChI=1S/C54H33N3/c1-55-49-26-14-25-47-52(49)44-32-31-39(33-48(44)54(47)45-23-12-10-20-41(45)42-21-11-13-24-46(42)54)40-19-8-9-22-43(40)51-34-50(56-53(57-51)38-17-6-3-7-18-38)37-29-27-36(28-30-37)35-15-4-2-5-16-35/h2-34H. The van der Waals surface area contributed by atoms with Crippen LogP contribution < -0.4 is 0 Å². The molecule has 2 aliphatic rings. The van der Waals surface area contributed by atoms with E-state index < -0.39 is 5.41 Å². The molecule has 0 saturated heterocycles. The molecule has 1 spiro atoms. The van der Waals surface area contributed by atoms with E-state index in [2.05, 4.69) is 169 Å². The fourth-order valence-corrected chi connectivity index (χ4v) is 9.30. The summed E-state index contributed by atoms with van der Waals surface area (Å²) in [6, 6.07) is 70.7. The molecule has 0 N–H and O–H groups in total. The van der Waals surface area contributed by atoms with E-state index in [-0.39, 0.29) is 0 Å². The van der Waals surface area contributed by atoms with E-state index in [1.54, 1.807) is 0 Å². The minimum absolute atomic E-state index is 0.558. The van der Waals surface area contributed by atoms with Crippen LogP contribution in [-0.4, -0.2) is 9.97 Å². The van der Waals surface area contributed by atoms with Gasteiger partial charge >= 0.3 is 0 Å². The molecule has 0 saturated carbocycles. The Balaban J connectivity index is 1.11. The predicted molar refractivity (Wildman–Crippen MR) is 232 cm³/mol. The van der Waals surface area contributed by atoms with Gasteiger partial charge in [-0.05, 0) is 78.9 Å². The fourth-order valence-electron chi connectivity index (χ4n) is 9.30. The summed E-state index contributed by atoms with van der Waals surface area (Å²) in [6.45, 7) is 8.22. The maximum absolute atomic E-state index is 8.22. The number of rotatable bonds is 5. The van der Waals surface area contributed by atoms with Crippen molar-refractivity contribution in [1.29, 1.82) is 0 Å². The molecule has 8 aromatic carbocycles. The van der Waals surface area contributed by atoms with Gasteiger partial charge in [0.15, 0.2) is 11.5 Å². The number of aromatic nitrogens is 2. The Morgan fingerprint density at radius 1 is 0.351 bits per heavy atom. The van der Waals surface area contributed by atoms with Crippen molar-refractivity contribution < 1.29 is 0 Å². The maximum Gasteiger partial charge on any atom is 0.195 e. The van der Waals surface area contributed by atoms with Gasteiger partial charge in [0, 0.05) is 16.7 Å². The summed E-state index contributed by atoms with van der Waals surface area (Å²) in [5.41, 5.74) is 18.9. The van der Waals surface area contributed by atoms with Crippen molar-refractivity contribution in [2.75, 3.05) is 0 Å². The minimum Gasteiger partial charge on any atom is -0.238 e. The van der Waals surface area contributed by atoms with Crippen molar-refractivity contribution >= 4 is 5.69 Å². The molecular formula is C54H33N3. The Morgan fingerprint density at radius 2 is 0.877 bits per heavy atom. The van der Waals surface area contributed by atoms with E-state index in [4.69, 9.17) is 16.5 Å². The third-order valence-corrected chi connectivity index (χ3v) is 11.8. The summed E-state index contributed by atoms with van der Waals surface area (Å²) in [6.07, 6.45) is 0. The number of fused-ring (bicyclic) bond motifs is 10. The molecule has 57 heavy (non-hydrogen) atoms. The van der Waals surface area contributed by atoms with Gasteiger partial charge in [-0.1, -0.05) is 188 Å². The molecule has 1 aromatic heterocycles. The molecule has 11 rings (SSSR count). The molecule has 9 aromatic rings. The predicted octanol–water partition coefficient (Wildman–Crippen LogP) is 13.7. The van der Waals surface area contributed by atoms with Crippen LogP contribution in [0.2, 0.25) is 0 Å². The highest BCUT2D eigenvalue weighted by Gasteiger charge is 2.52. The molecular weight excluding hydrogens is 691 g/mol. The van der Waals surface area contributed by atoms with Crippen molar-refractivity contribution in [2.45, 2.75) is 5.41 Å². The van der Waals surface area contributed by atoms with E-state index in [0.717, 1.165) is 55.9 Å². The zero-order valence-corrected chi connectivity index (χ0v) is 30.9. The average Bonchev–Trinajstić information content (AvgIpc) is 3.77. The highest BCUT2D eigenvalue weighted by molar-refractivity contribution is 6.00.